The summed E-state index contributed by atoms with van der Waals surface area (Å²) in [6.07, 6.45) is 3.65. The predicted octanol–water partition coefficient (Wildman–Crippen LogP) is 3.91. The molecule has 0 N–H and O–H groups in total. The molecule has 1 aliphatic heterocycles. The first-order valence-corrected chi connectivity index (χ1v) is 10.2. The Morgan fingerprint density at radius 1 is 1.11 bits per heavy atom. The Hall–Kier alpha value is -3.06. The van der Waals surface area contributed by atoms with Crippen LogP contribution in [0.5, 0.6) is 0 Å². The molecule has 1 aliphatic rings. The van der Waals surface area contributed by atoms with E-state index in [1.807, 2.05) is 53.4 Å². The van der Waals surface area contributed by atoms with Gasteiger partial charge >= 0.3 is 0 Å². The van der Waals surface area contributed by atoms with Gasteiger partial charge in [-0.2, -0.15) is 0 Å². The topological polar surface area (TPSA) is 63.9 Å². The van der Waals surface area contributed by atoms with Crippen molar-refractivity contribution in [2.45, 2.75) is 25.4 Å². The minimum atomic E-state index is -0.0685. The number of hydrogen-bond acceptors (Lipinski definition) is 5. The van der Waals surface area contributed by atoms with E-state index in [-0.39, 0.29) is 11.9 Å². The van der Waals surface area contributed by atoms with Crippen LogP contribution in [0.15, 0.2) is 60.8 Å². The second-order valence-electron chi connectivity index (χ2n) is 6.96. The van der Waals surface area contributed by atoms with Crippen molar-refractivity contribution in [2.75, 3.05) is 6.54 Å². The molecule has 4 aromatic rings. The molecule has 1 unspecified atom stereocenters. The van der Waals surface area contributed by atoms with Gasteiger partial charge in [0, 0.05) is 6.54 Å². The summed E-state index contributed by atoms with van der Waals surface area (Å²) < 4.78 is 2.87. The lowest BCUT2D eigenvalue weighted by atomic mass is 10.2. The van der Waals surface area contributed by atoms with Gasteiger partial charge in [-0.25, -0.2) is 9.67 Å². The highest BCUT2D eigenvalue weighted by Gasteiger charge is 2.34. The number of amides is 1. The summed E-state index contributed by atoms with van der Waals surface area (Å²) in [6, 6.07) is 18.2. The Balaban J connectivity index is 1.37. The summed E-state index contributed by atoms with van der Waals surface area (Å²) in [5, 5.41) is 9.28. The molecule has 1 fully saturated rings. The molecule has 2 aromatic heterocycles. The summed E-state index contributed by atoms with van der Waals surface area (Å²) in [6.45, 7) is 1.33. The molecular weight excluding hydrogens is 370 g/mol. The third kappa shape index (κ3) is 3.18. The van der Waals surface area contributed by atoms with Crippen LogP contribution >= 0.6 is 11.3 Å². The first-order valence-electron chi connectivity index (χ1n) is 9.38. The number of benzene rings is 2. The van der Waals surface area contributed by atoms with Crippen molar-refractivity contribution in [1.29, 1.82) is 0 Å². The van der Waals surface area contributed by atoms with Crippen LogP contribution in [0.25, 0.3) is 10.2 Å². The second kappa shape index (κ2) is 7.16. The number of carbonyl (C=O) groups is 1. The number of aromatic nitrogens is 4. The molecule has 0 saturated carbocycles. The van der Waals surface area contributed by atoms with E-state index < -0.39 is 0 Å². The van der Waals surface area contributed by atoms with Crippen molar-refractivity contribution in [1.82, 2.24) is 24.9 Å². The highest BCUT2D eigenvalue weighted by Crippen LogP contribution is 2.37. The zero-order valence-electron chi connectivity index (χ0n) is 15.2. The van der Waals surface area contributed by atoms with Crippen LogP contribution in [0, 0.1) is 0 Å². The van der Waals surface area contributed by atoms with E-state index in [0.717, 1.165) is 40.2 Å². The summed E-state index contributed by atoms with van der Waals surface area (Å²) in [4.78, 5) is 19.8. The van der Waals surface area contributed by atoms with Crippen LogP contribution in [0.1, 0.15) is 39.9 Å². The largest absolute Gasteiger partial charge is 0.328 e. The van der Waals surface area contributed by atoms with Crippen LogP contribution in [0.2, 0.25) is 0 Å². The molecule has 1 saturated heterocycles. The van der Waals surface area contributed by atoms with Gasteiger partial charge in [-0.1, -0.05) is 47.7 Å². The number of fused-ring (bicyclic) bond motifs is 1. The SMILES string of the molecule is O=C(c1cn(Cc2ccccc2)nn1)N1CCCC1c1nc2ccccc2s1. The van der Waals surface area contributed by atoms with Gasteiger partial charge in [-0.3, -0.25) is 4.79 Å². The number of rotatable bonds is 4. The minimum Gasteiger partial charge on any atom is -0.328 e. The van der Waals surface area contributed by atoms with Crippen molar-refractivity contribution in [3.63, 3.8) is 0 Å². The lowest BCUT2D eigenvalue weighted by Gasteiger charge is -2.21. The van der Waals surface area contributed by atoms with E-state index in [1.54, 1.807) is 22.2 Å². The first-order chi connectivity index (χ1) is 13.8. The fraction of sp³-hybridized carbons (Fsp3) is 0.238. The molecule has 28 heavy (non-hydrogen) atoms. The fourth-order valence-electron chi connectivity index (χ4n) is 3.69. The number of thiazole rings is 1. The molecule has 2 aromatic carbocycles. The van der Waals surface area contributed by atoms with Gasteiger partial charge < -0.3 is 4.90 Å². The van der Waals surface area contributed by atoms with Crippen LogP contribution in [-0.2, 0) is 6.54 Å². The molecule has 3 heterocycles. The lowest BCUT2D eigenvalue weighted by molar-refractivity contribution is 0.0729. The Morgan fingerprint density at radius 2 is 1.93 bits per heavy atom. The maximum atomic E-state index is 13.1. The lowest BCUT2D eigenvalue weighted by Crippen LogP contribution is -2.30. The van der Waals surface area contributed by atoms with Crippen molar-refractivity contribution < 1.29 is 4.79 Å². The van der Waals surface area contributed by atoms with E-state index in [1.165, 1.54) is 0 Å². The average molecular weight is 389 g/mol. The minimum absolute atomic E-state index is 0.0178. The number of likely N-dealkylation sites (tertiary alicyclic amines) is 1. The standard InChI is InChI=1S/C21H19N5OS/c27-21(17-14-25(24-23-17)13-15-7-2-1-3-8-15)26-12-6-10-18(26)20-22-16-9-4-5-11-19(16)28-20/h1-5,7-9,11,14,18H,6,10,12-13H2. The van der Waals surface area contributed by atoms with Gasteiger partial charge in [-0.05, 0) is 30.5 Å². The van der Waals surface area contributed by atoms with Gasteiger partial charge in [0.2, 0.25) is 0 Å². The van der Waals surface area contributed by atoms with Gasteiger partial charge in [0.1, 0.15) is 5.01 Å². The van der Waals surface area contributed by atoms with E-state index in [2.05, 4.69) is 16.4 Å². The first kappa shape index (κ1) is 17.1. The van der Waals surface area contributed by atoms with Crippen LogP contribution < -0.4 is 0 Å². The van der Waals surface area contributed by atoms with Crippen molar-refractivity contribution in [3.8, 4) is 0 Å². The molecule has 1 amide bonds. The maximum absolute atomic E-state index is 13.1. The molecule has 7 heteroatoms. The monoisotopic (exact) mass is 389 g/mol. The summed E-state index contributed by atoms with van der Waals surface area (Å²) in [5.74, 6) is -0.0685. The van der Waals surface area contributed by atoms with Gasteiger partial charge in [-0.15, -0.1) is 16.4 Å². The molecule has 140 valence electrons. The smallest absolute Gasteiger partial charge is 0.276 e. The van der Waals surface area contributed by atoms with E-state index in [4.69, 9.17) is 4.98 Å². The normalized spacial score (nSPS) is 16.7. The Bertz CT molecular complexity index is 1090. The number of para-hydroxylation sites is 1. The highest BCUT2D eigenvalue weighted by molar-refractivity contribution is 7.18. The van der Waals surface area contributed by atoms with Crippen molar-refractivity contribution in [3.05, 3.63) is 77.1 Å². The fourth-order valence-corrected chi connectivity index (χ4v) is 4.81. The number of hydrogen-bond donors (Lipinski definition) is 0. The van der Waals surface area contributed by atoms with Gasteiger partial charge in [0.15, 0.2) is 5.69 Å². The quantitative estimate of drug-likeness (QED) is 0.531. The number of carbonyl (C=O) groups excluding carboxylic acids is 1. The molecule has 0 aliphatic carbocycles. The average Bonchev–Trinajstić information content (AvgIpc) is 3.46. The van der Waals surface area contributed by atoms with Crippen molar-refractivity contribution >= 4 is 27.5 Å². The molecule has 1 atom stereocenters. The van der Waals surface area contributed by atoms with E-state index >= 15 is 0 Å². The molecule has 0 bridgehead atoms. The van der Waals surface area contributed by atoms with Crippen LogP contribution in [-0.4, -0.2) is 37.3 Å². The Labute approximate surface area is 166 Å². The van der Waals surface area contributed by atoms with Gasteiger partial charge in [0.25, 0.3) is 5.91 Å². The van der Waals surface area contributed by atoms with Crippen molar-refractivity contribution in [2.24, 2.45) is 0 Å². The molecule has 0 radical (unpaired) electrons. The zero-order valence-corrected chi connectivity index (χ0v) is 16.0. The third-order valence-corrected chi connectivity index (χ3v) is 6.19. The molecule has 0 spiro atoms. The van der Waals surface area contributed by atoms with Gasteiger partial charge in [0.05, 0.1) is 29.0 Å². The second-order valence-corrected chi connectivity index (χ2v) is 8.03. The maximum Gasteiger partial charge on any atom is 0.276 e. The summed E-state index contributed by atoms with van der Waals surface area (Å²) in [5.41, 5.74) is 2.51. The zero-order chi connectivity index (χ0) is 18.9. The Kier molecular flexibility index (Phi) is 4.37. The van der Waals surface area contributed by atoms with Crippen LogP contribution in [0.3, 0.4) is 0 Å². The molecule has 6 nitrogen and oxygen atoms in total. The highest BCUT2D eigenvalue weighted by atomic mass is 32.1. The molecule has 5 rings (SSSR count). The summed E-state index contributed by atoms with van der Waals surface area (Å²) in [7, 11) is 0. The van der Waals surface area contributed by atoms with Crippen LogP contribution in [0.4, 0.5) is 0 Å². The number of nitrogens with zero attached hydrogens (tertiary/aromatic N) is 5. The van der Waals surface area contributed by atoms with E-state index in [0.29, 0.717) is 12.2 Å². The van der Waals surface area contributed by atoms with E-state index in [9.17, 15) is 4.79 Å². The summed E-state index contributed by atoms with van der Waals surface area (Å²) >= 11 is 1.67. The third-order valence-electron chi connectivity index (χ3n) is 5.05. The Morgan fingerprint density at radius 3 is 2.79 bits per heavy atom. The predicted molar refractivity (Wildman–Crippen MR) is 108 cm³/mol. The molecular formula is C21H19N5OS.